The number of benzene rings is 9. The number of fused-ring (bicyclic) bond motifs is 9. The monoisotopic (exact) mass is 1180 g/mol. The zero-order chi connectivity index (χ0) is 62.5. The topological polar surface area (TPSA) is 120 Å². The van der Waals surface area contributed by atoms with Gasteiger partial charge in [0, 0.05) is 71.8 Å². The molecule has 0 saturated heterocycles. The van der Waals surface area contributed by atoms with E-state index in [1.165, 1.54) is 0 Å². The molecule has 15 rings (SSSR count). The molecule has 1 aliphatic carbocycles. The second kappa shape index (κ2) is 21.6. The maximum atomic E-state index is 10.5. The molecule has 0 aliphatic heterocycles. The minimum Gasteiger partial charge on any atom is -0.309 e. The van der Waals surface area contributed by atoms with E-state index in [2.05, 4.69) is 294 Å². The Balaban J connectivity index is 0.893. The van der Waals surface area contributed by atoms with E-state index in [9.17, 15) is 5.26 Å². The first-order valence-corrected chi connectivity index (χ1v) is 31.1. The lowest BCUT2D eigenvalue weighted by molar-refractivity contribution is 0.497. The van der Waals surface area contributed by atoms with Crippen molar-refractivity contribution in [2.75, 3.05) is 0 Å². The molecule has 0 bridgehead atoms. The van der Waals surface area contributed by atoms with Crippen molar-refractivity contribution in [1.82, 2.24) is 43.6 Å². The van der Waals surface area contributed by atoms with Gasteiger partial charge in [-0.2, -0.15) is 15.2 Å². The van der Waals surface area contributed by atoms with Gasteiger partial charge >= 0.3 is 11.8 Å². The van der Waals surface area contributed by atoms with Crippen LogP contribution in [0.1, 0.15) is 97.6 Å². The van der Waals surface area contributed by atoms with Crippen molar-refractivity contribution in [3.8, 4) is 57.4 Å². The zero-order valence-corrected chi connectivity index (χ0v) is 52.5. The molecule has 11 heteroatoms. The standard InChI is InChI=1S/C80H66N11/c1-78(2,3)74-83-72(84-75(87-74)79(4,5)6)63-43-50(33-38-71(63)90-67-39-34-53(51-22-12-10-13-23-51)44-59(67)60-45-54(35-40-68(60)90)52-24-14-11-15-25-52)48-82-55-36-41-69-61(46-55)58-28-18-21-31-66(58)91(69)77-86-73(85-76(88-77)80(7,8)9)62-42-49(47-81)32-37-70(62)89-64-29-19-16-26-56(64)57-27-17-20-30-65(57)89/h10-41,43-46,49H,42H2,1-9H3/q+1. The van der Waals surface area contributed by atoms with Crippen LogP contribution in [0.4, 0.5) is 5.69 Å². The smallest absolute Gasteiger partial charge is 0.309 e. The summed E-state index contributed by atoms with van der Waals surface area (Å²) < 4.78 is 6.80. The summed E-state index contributed by atoms with van der Waals surface area (Å²) in [7, 11) is 0. The molecule has 0 fully saturated rings. The molecule has 11 nitrogen and oxygen atoms in total. The Hall–Kier alpha value is -11.1. The number of hydrogen-bond acceptors (Lipinski definition) is 7. The van der Waals surface area contributed by atoms with Gasteiger partial charge in [-0.1, -0.05) is 196 Å². The number of nitriles is 1. The summed E-state index contributed by atoms with van der Waals surface area (Å²) in [5.41, 5.74) is 14.5. The summed E-state index contributed by atoms with van der Waals surface area (Å²) in [4.78, 5) is 37.0. The van der Waals surface area contributed by atoms with Crippen LogP contribution in [0.5, 0.6) is 0 Å². The molecule has 1 unspecified atom stereocenters. The molecule has 9 aromatic carbocycles. The van der Waals surface area contributed by atoms with Crippen molar-refractivity contribution in [3.05, 3.63) is 252 Å². The predicted molar refractivity (Wildman–Crippen MR) is 372 cm³/mol. The molecule has 0 saturated carbocycles. The highest BCUT2D eigenvalue weighted by Gasteiger charge is 2.31. The van der Waals surface area contributed by atoms with Gasteiger partial charge < -0.3 is 9.13 Å². The summed E-state index contributed by atoms with van der Waals surface area (Å²) >= 11 is 0. The van der Waals surface area contributed by atoms with E-state index < -0.39 is 5.41 Å². The summed E-state index contributed by atoms with van der Waals surface area (Å²) in [5, 5.41) is 17.0. The summed E-state index contributed by atoms with van der Waals surface area (Å²) in [6, 6.07) is 78.7. The molecule has 0 spiro atoms. The number of aromatic nitrogens is 9. The fourth-order valence-corrected chi connectivity index (χ4v) is 12.7. The zero-order valence-electron chi connectivity index (χ0n) is 52.5. The minimum absolute atomic E-state index is 0.367. The molecular weight excluding hydrogens is 1110 g/mol. The van der Waals surface area contributed by atoms with Gasteiger partial charge in [0.25, 0.3) is 0 Å². The summed E-state index contributed by atoms with van der Waals surface area (Å²) in [6.45, 7) is 19.3. The van der Waals surface area contributed by atoms with Crippen molar-refractivity contribution in [2.45, 2.75) is 85.0 Å². The van der Waals surface area contributed by atoms with Crippen LogP contribution in [0.15, 0.2) is 218 Å². The van der Waals surface area contributed by atoms with E-state index >= 15 is 0 Å². The van der Waals surface area contributed by atoms with Crippen molar-refractivity contribution >= 4 is 82.4 Å². The normalized spacial score (nSPS) is 13.9. The first-order valence-electron chi connectivity index (χ1n) is 31.1. The molecule has 0 radical (unpaired) electrons. The van der Waals surface area contributed by atoms with Crippen LogP contribution in [0, 0.1) is 23.3 Å². The van der Waals surface area contributed by atoms with E-state index in [1.807, 2.05) is 12.1 Å². The SMILES string of the molecule is CC(C)(C)c1nc(C2=C(n3c4ccccc4c4ccccc43)C=CC(C#N)C2)nc(-n2c3ccccc3c3cc([N+]#Cc4ccc(-n5c6ccc(-c7ccccc7)cc6c6cc(-c7ccccc7)ccc65)c(-c5nc(C(C)(C)C)nc(C(C)(C)C)n5)c4)ccc32)n1. The fraction of sp³-hybridized carbons (Fsp3) is 0.175. The van der Waals surface area contributed by atoms with Crippen LogP contribution in [0.2, 0.25) is 0 Å². The Labute approximate surface area is 528 Å². The molecule has 440 valence electrons. The molecule has 14 aromatic rings. The van der Waals surface area contributed by atoms with E-state index in [0.717, 1.165) is 121 Å². The Morgan fingerprint density at radius 1 is 0.418 bits per heavy atom. The largest absolute Gasteiger partial charge is 0.341 e. The van der Waals surface area contributed by atoms with Gasteiger partial charge in [0.05, 0.1) is 56.5 Å². The van der Waals surface area contributed by atoms with Crippen LogP contribution in [0.3, 0.4) is 0 Å². The van der Waals surface area contributed by atoms with Gasteiger partial charge in [-0.25, -0.2) is 19.9 Å². The molecular formula is C80H66N11+. The Morgan fingerprint density at radius 2 is 0.890 bits per heavy atom. The van der Waals surface area contributed by atoms with E-state index in [0.29, 0.717) is 41.5 Å². The lowest BCUT2D eigenvalue weighted by Gasteiger charge is -2.23. The third-order valence-electron chi connectivity index (χ3n) is 17.4. The second-order valence-corrected chi connectivity index (χ2v) is 26.9. The summed E-state index contributed by atoms with van der Waals surface area (Å²) in [5.74, 6) is 3.32. The molecule has 1 atom stereocenters. The lowest BCUT2D eigenvalue weighted by atomic mass is 9.92. The second-order valence-electron chi connectivity index (χ2n) is 26.9. The van der Waals surface area contributed by atoms with Crippen molar-refractivity contribution < 1.29 is 0 Å². The lowest BCUT2D eigenvalue weighted by Crippen LogP contribution is -2.24. The van der Waals surface area contributed by atoms with E-state index in [-0.39, 0.29) is 16.7 Å². The summed E-state index contributed by atoms with van der Waals surface area (Å²) in [6.07, 6.45) is 4.51. The highest BCUT2D eigenvalue weighted by molar-refractivity contribution is 6.14. The van der Waals surface area contributed by atoms with Crippen molar-refractivity contribution in [3.63, 3.8) is 0 Å². The number of nitrogens with zero attached hydrogens (tertiary/aromatic N) is 11. The van der Waals surface area contributed by atoms with Gasteiger partial charge in [0.15, 0.2) is 11.6 Å². The highest BCUT2D eigenvalue weighted by Crippen LogP contribution is 2.43. The quantitative estimate of drug-likeness (QED) is 0.156. The molecule has 5 heterocycles. The van der Waals surface area contributed by atoms with E-state index in [1.54, 1.807) is 0 Å². The van der Waals surface area contributed by atoms with Gasteiger partial charge in [-0.3, -0.25) is 4.57 Å². The van der Waals surface area contributed by atoms with Crippen molar-refractivity contribution in [1.29, 1.82) is 5.26 Å². The Kier molecular flexibility index (Phi) is 13.4. The predicted octanol–water partition coefficient (Wildman–Crippen LogP) is 19.7. The average Bonchev–Trinajstić information content (AvgIpc) is 1.66. The van der Waals surface area contributed by atoms with Crippen LogP contribution in [0.25, 0.3) is 127 Å². The molecule has 0 amide bonds. The first-order chi connectivity index (χ1) is 43.9. The maximum Gasteiger partial charge on any atom is 0.341 e. The number of hydrogen-bond donors (Lipinski definition) is 0. The van der Waals surface area contributed by atoms with Gasteiger partial charge in [-0.05, 0) is 106 Å². The highest BCUT2D eigenvalue weighted by atomic mass is 15.2. The van der Waals surface area contributed by atoms with E-state index in [4.69, 9.17) is 34.7 Å². The average molecular weight is 1180 g/mol. The first kappa shape index (κ1) is 56.4. The van der Waals surface area contributed by atoms with Gasteiger partial charge in [-0.15, -0.1) is 0 Å². The number of allylic oxidation sites excluding steroid dienone is 4. The van der Waals surface area contributed by atoms with Crippen LogP contribution in [-0.4, -0.2) is 43.6 Å². The molecule has 1 aliphatic rings. The molecule has 91 heavy (non-hydrogen) atoms. The Morgan fingerprint density at radius 3 is 1.45 bits per heavy atom. The van der Waals surface area contributed by atoms with Crippen LogP contribution in [-0.2, 0) is 16.2 Å². The van der Waals surface area contributed by atoms with Crippen molar-refractivity contribution in [2.24, 2.45) is 5.92 Å². The maximum absolute atomic E-state index is 10.5. The third kappa shape index (κ3) is 10.00. The van der Waals surface area contributed by atoms with Crippen LogP contribution >= 0.6 is 0 Å². The number of rotatable bonds is 7. The molecule has 0 N–H and O–H groups in total. The Bertz CT molecular complexity index is 5280. The van der Waals surface area contributed by atoms with Gasteiger partial charge in [0.1, 0.15) is 23.0 Å². The molecule has 5 aromatic heterocycles. The van der Waals surface area contributed by atoms with Gasteiger partial charge in [0.2, 0.25) is 5.95 Å². The fourth-order valence-electron chi connectivity index (χ4n) is 12.7. The third-order valence-corrected chi connectivity index (χ3v) is 17.4. The minimum atomic E-state index is -0.455. The number of para-hydroxylation sites is 3. The van der Waals surface area contributed by atoms with Crippen LogP contribution < -0.4 is 0 Å².